The van der Waals surface area contributed by atoms with E-state index in [4.69, 9.17) is 4.74 Å². The number of carbonyl (C=O) groups excluding carboxylic acids is 1. The predicted octanol–water partition coefficient (Wildman–Crippen LogP) is 1.94. The lowest BCUT2D eigenvalue weighted by Crippen LogP contribution is -2.28. The number of hydrogen-bond acceptors (Lipinski definition) is 2. The van der Waals surface area contributed by atoms with Gasteiger partial charge in [-0.1, -0.05) is 12.1 Å². The number of cyclic esters (lactones) is 1. The summed E-state index contributed by atoms with van der Waals surface area (Å²) in [5.41, 5.74) is 1.22. The fraction of sp³-hybridized carbons (Fsp3) is 0.300. The van der Waals surface area contributed by atoms with Crippen LogP contribution in [0.25, 0.3) is 0 Å². The summed E-state index contributed by atoms with van der Waals surface area (Å²) in [4.78, 5) is 10.8. The fourth-order valence-electron chi connectivity index (χ4n) is 1.44. The van der Waals surface area contributed by atoms with Gasteiger partial charge in [-0.3, -0.25) is 0 Å². The van der Waals surface area contributed by atoms with E-state index in [1.54, 1.807) is 0 Å². The van der Waals surface area contributed by atoms with Crippen LogP contribution in [0.4, 0.5) is 4.79 Å². The molecule has 1 aromatic rings. The molecule has 1 aliphatic rings. The van der Waals surface area contributed by atoms with E-state index in [2.05, 4.69) is 52.2 Å². The Labute approximate surface area is 96.0 Å². The molecule has 1 amide bonds. The number of halogens is 1. The average molecular weight is 303 g/mol. The maximum absolute atomic E-state index is 10.8. The van der Waals surface area contributed by atoms with E-state index < -0.39 is 0 Å². The Morgan fingerprint density at radius 2 is 2.14 bits per heavy atom. The Kier molecular flexibility index (Phi) is 2.90. The molecule has 3 nitrogen and oxygen atoms in total. The molecule has 1 fully saturated rings. The molecule has 1 saturated heterocycles. The Bertz CT molecular complexity index is 336. The van der Waals surface area contributed by atoms with Crippen LogP contribution in [0.2, 0.25) is 0 Å². The molecule has 0 radical (unpaired) electrons. The molecule has 0 saturated carbocycles. The minimum Gasteiger partial charge on any atom is -0.447 e. The fourth-order valence-corrected chi connectivity index (χ4v) is 1.80. The SMILES string of the molecule is O=C1N[C@@H](Cc2ccc(I)cc2)CO1. The van der Waals surface area contributed by atoms with Crippen LogP contribution >= 0.6 is 22.6 Å². The van der Waals surface area contributed by atoms with E-state index in [1.807, 2.05) is 0 Å². The van der Waals surface area contributed by atoms with Crippen molar-refractivity contribution in [3.63, 3.8) is 0 Å². The van der Waals surface area contributed by atoms with Crippen LogP contribution in [0.1, 0.15) is 5.56 Å². The number of benzene rings is 1. The third-order valence-electron chi connectivity index (χ3n) is 2.13. The predicted molar refractivity (Wildman–Crippen MR) is 61.1 cm³/mol. The molecular formula is C10H10INO2. The van der Waals surface area contributed by atoms with Crippen LogP contribution in [-0.2, 0) is 11.2 Å². The van der Waals surface area contributed by atoms with Crippen LogP contribution in [0.15, 0.2) is 24.3 Å². The molecule has 1 atom stereocenters. The highest BCUT2D eigenvalue weighted by Gasteiger charge is 2.21. The summed E-state index contributed by atoms with van der Waals surface area (Å²) in [5.74, 6) is 0. The van der Waals surface area contributed by atoms with Gasteiger partial charge in [0, 0.05) is 3.57 Å². The number of hydrogen-bond donors (Lipinski definition) is 1. The summed E-state index contributed by atoms with van der Waals surface area (Å²) >= 11 is 2.27. The normalized spacial score (nSPS) is 20.4. The van der Waals surface area contributed by atoms with E-state index in [0.717, 1.165) is 6.42 Å². The van der Waals surface area contributed by atoms with Crippen molar-refractivity contribution in [2.24, 2.45) is 0 Å². The summed E-state index contributed by atoms with van der Waals surface area (Å²) in [5, 5.41) is 2.75. The second-order valence-corrected chi connectivity index (χ2v) is 4.52. The van der Waals surface area contributed by atoms with Crippen molar-refractivity contribution < 1.29 is 9.53 Å². The largest absolute Gasteiger partial charge is 0.447 e. The van der Waals surface area contributed by atoms with E-state index in [0.29, 0.717) is 6.61 Å². The molecule has 4 heteroatoms. The summed E-state index contributed by atoms with van der Waals surface area (Å²) in [7, 11) is 0. The standard InChI is InChI=1S/C10H10INO2/c11-8-3-1-7(2-4-8)5-9-6-14-10(13)12-9/h1-4,9H,5-6H2,(H,12,13)/t9-/m0/s1. The molecule has 0 aromatic heterocycles. The third-order valence-corrected chi connectivity index (χ3v) is 2.85. The molecule has 1 aromatic carbocycles. The van der Waals surface area contributed by atoms with Crippen molar-refractivity contribution >= 4 is 28.7 Å². The molecule has 74 valence electrons. The lowest BCUT2D eigenvalue weighted by molar-refractivity contribution is 0.177. The maximum atomic E-state index is 10.8. The zero-order chi connectivity index (χ0) is 9.97. The number of amides is 1. The second-order valence-electron chi connectivity index (χ2n) is 3.27. The van der Waals surface area contributed by atoms with Gasteiger partial charge in [0.25, 0.3) is 0 Å². The summed E-state index contributed by atoms with van der Waals surface area (Å²) in [6.07, 6.45) is 0.531. The number of carbonyl (C=O) groups is 1. The van der Waals surface area contributed by atoms with Gasteiger partial charge in [0.1, 0.15) is 6.61 Å². The van der Waals surface area contributed by atoms with Gasteiger partial charge >= 0.3 is 6.09 Å². The Balaban J connectivity index is 1.97. The zero-order valence-electron chi connectivity index (χ0n) is 7.50. The van der Waals surface area contributed by atoms with E-state index in [9.17, 15) is 4.79 Å². The topological polar surface area (TPSA) is 38.3 Å². The van der Waals surface area contributed by atoms with E-state index in [1.165, 1.54) is 9.13 Å². The zero-order valence-corrected chi connectivity index (χ0v) is 9.65. The van der Waals surface area contributed by atoms with Crippen LogP contribution in [0.3, 0.4) is 0 Å². The smallest absolute Gasteiger partial charge is 0.407 e. The first-order valence-electron chi connectivity index (χ1n) is 4.42. The Hall–Kier alpha value is -0.780. The molecule has 1 heterocycles. The highest BCUT2D eigenvalue weighted by molar-refractivity contribution is 14.1. The first-order chi connectivity index (χ1) is 6.74. The highest BCUT2D eigenvalue weighted by atomic mass is 127. The monoisotopic (exact) mass is 303 g/mol. The Morgan fingerprint density at radius 3 is 2.71 bits per heavy atom. The lowest BCUT2D eigenvalue weighted by Gasteiger charge is -2.06. The first-order valence-corrected chi connectivity index (χ1v) is 5.49. The number of nitrogens with one attached hydrogen (secondary N) is 1. The summed E-state index contributed by atoms with van der Waals surface area (Å²) < 4.78 is 6.03. The Morgan fingerprint density at radius 1 is 1.43 bits per heavy atom. The van der Waals surface area contributed by atoms with Crippen molar-refractivity contribution in [1.82, 2.24) is 5.32 Å². The molecule has 14 heavy (non-hydrogen) atoms. The molecule has 2 rings (SSSR count). The summed E-state index contributed by atoms with van der Waals surface area (Å²) in [6.45, 7) is 0.477. The van der Waals surface area contributed by atoms with Crippen molar-refractivity contribution in [2.45, 2.75) is 12.5 Å². The number of rotatable bonds is 2. The van der Waals surface area contributed by atoms with Crippen LogP contribution in [-0.4, -0.2) is 18.7 Å². The van der Waals surface area contributed by atoms with Gasteiger partial charge < -0.3 is 10.1 Å². The van der Waals surface area contributed by atoms with Crippen molar-refractivity contribution in [3.8, 4) is 0 Å². The van der Waals surface area contributed by atoms with Gasteiger partial charge in [-0.2, -0.15) is 0 Å². The van der Waals surface area contributed by atoms with Crippen LogP contribution in [0, 0.1) is 3.57 Å². The quantitative estimate of drug-likeness (QED) is 0.848. The van der Waals surface area contributed by atoms with Gasteiger partial charge in [-0.05, 0) is 46.7 Å². The second kappa shape index (κ2) is 4.16. The molecule has 0 aliphatic carbocycles. The lowest BCUT2D eigenvalue weighted by atomic mass is 10.1. The minimum atomic E-state index is -0.305. The highest BCUT2D eigenvalue weighted by Crippen LogP contribution is 2.10. The number of ether oxygens (including phenoxy) is 1. The van der Waals surface area contributed by atoms with E-state index in [-0.39, 0.29) is 12.1 Å². The van der Waals surface area contributed by atoms with Crippen molar-refractivity contribution in [3.05, 3.63) is 33.4 Å². The molecule has 0 spiro atoms. The van der Waals surface area contributed by atoms with Crippen LogP contribution < -0.4 is 5.32 Å². The van der Waals surface area contributed by atoms with Gasteiger partial charge in [0.05, 0.1) is 6.04 Å². The van der Waals surface area contributed by atoms with Gasteiger partial charge in [-0.25, -0.2) is 4.79 Å². The number of alkyl carbamates (subject to hydrolysis) is 1. The average Bonchev–Trinajstić information content (AvgIpc) is 2.56. The minimum absolute atomic E-state index is 0.127. The third kappa shape index (κ3) is 2.37. The van der Waals surface area contributed by atoms with Crippen LogP contribution in [0.5, 0.6) is 0 Å². The van der Waals surface area contributed by atoms with Gasteiger partial charge in [0.2, 0.25) is 0 Å². The molecule has 1 N–H and O–H groups in total. The molecular weight excluding hydrogens is 293 g/mol. The summed E-state index contributed by atoms with van der Waals surface area (Å²) in [6, 6.07) is 8.40. The molecule has 1 aliphatic heterocycles. The molecule has 0 unspecified atom stereocenters. The molecule has 0 bridgehead atoms. The van der Waals surface area contributed by atoms with Gasteiger partial charge in [-0.15, -0.1) is 0 Å². The van der Waals surface area contributed by atoms with Crippen molar-refractivity contribution in [1.29, 1.82) is 0 Å². The maximum Gasteiger partial charge on any atom is 0.407 e. The first kappa shape index (κ1) is 9.76. The van der Waals surface area contributed by atoms with Crippen molar-refractivity contribution in [2.75, 3.05) is 6.61 Å². The van der Waals surface area contributed by atoms with Gasteiger partial charge in [0.15, 0.2) is 0 Å². The van der Waals surface area contributed by atoms with E-state index >= 15 is 0 Å².